The monoisotopic (exact) mass is 321 g/mol. The Kier molecular flexibility index (Phi) is 4.29. The van der Waals surface area contributed by atoms with E-state index in [4.69, 9.17) is 11.5 Å². The summed E-state index contributed by atoms with van der Waals surface area (Å²) in [7, 11) is 0. The van der Waals surface area contributed by atoms with E-state index in [0.717, 1.165) is 35.1 Å². The Morgan fingerprint density at radius 1 is 1.21 bits per heavy atom. The van der Waals surface area contributed by atoms with Crippen LogP contribution in [0.15, 0.2) is 53.8 Å². The van der Waals surface area contributed by atoms with Crippen LogP contribution in [0.5, 0.6) is 0 Å². The average molecular weight is 321 g/mol. The maximum Gasteiger partial charge on any atom is 0.282 e. The van der Waals surface area contributed by atoms with E-state index < -0.39 is 5.91 Å². The molecule has 1 amide bonds. The first-order valence-corrected chi connectivity index (χ1v) is 7.80. The molecule has 0 aliphatic rings. The fraction of sp³-hybridized carbons (Fsp3) is 0.167. The number of nitrogens with two attached hydrogens (primary N) is 2. The second-order valence-corrected chi connectivity index (χ2v) is 5.49. The van der Waals surface area contributed by atoms with Gasteiger partial charge in [-0.05, 0) is 24.6 Å². The summed E-state index contributed by atoms with van der Waals surface area (Å²) in [6, 6.07) is 11.6. The van der Waals surface area contributed by atoms with Crippen molar-refractivity contribution in [1.82, 2.24) is 9.55 Å². The van der Waals surface area contributed by atoms with Crippen molar-refractivity contribution >= 4 is 22.8 Å². The Labute approximate surface area is 139 Å². The first-order valence-electron chi connectivity index (χ1n) is 7.80. The van der Waals surface area contributed by atoms with Gasteiger partial charge in [0.1, 0.15) is 0 Å². The first kappa shape index (κ1) is 15.7. The van der Waals surface area contributed by atoms with Crippen molar-refractivity contribution in [1.29, 1.82) is 0 Å². The Morgan fingerprint density at radius 3 is 2.75 bits per heavy atom. The zero-order chi connectivity index (χ0) is 17.1. The van der Waals surface area contributed by atoms with Crippen LogP contribution in [-0.2, 0) is 6.42 Å². The number of pyridine rings is 1. The molecule has 0 spiro atoms. The van der Waals surface area contributed by atoms with E-state index >= 15 is 0 Å². The van der Waals surface area contributed by atoms with Gasteiger partial charge in [0.2, 0.25) is 0 Å². The van der Waals surface area contributed by atoms with Crippen LogP contribution in [-0.4, -0.2) is 21.4 Å². The van der Waals surface area contributed by atoms with Crippen LogP contribution in [0.2, 0.25) is 0 Å². The summed E-state index contributed by atoms with van der Waals surface area (Å²) in [4.78, 5) is 20.3. The summed E-state index contributed by atoms with van der Waals surface area (Å²) in [6.07, 6.45) is 5.28. The molecule has 0 aliphatic carbocycles. The van der Waals surface area contributed by atoms with E-state index in [2.05, 4.69) is 16.9 Å². The molecule has 6 nitrogen and oxygen atoms in total. The number of hydrogen-bond donors (Lipinski definition) is 2. The molecule has 4 N–H and O–H groups in total. The van der Waals surface area contributed by atoms with Crippen LogP contribution in [0.1, 0.15) is 29.4 Å². The van der Waals surface area contributed by atoms with Gasteiger partial charge in [-0.15, -0.1) is 0 Å². The van der Waals surface area contributed by atoms with Gasteiger partial charge in [0.05, 0.1) is 16.8 Å². The Morgan fingerprint density at radius 2 is 2.00 bits per heavy atom. The van der Waals surface area contributed by atoms with E-state index in [1.54, 1.807) is 12.3 Å². The van der Waals surface area contributed by atoms with Gasteiger partial charge in [0.15, 0.2) is 5.96 Å². The van der Waals surface area contributed by atoms with Gasteiger partial charge in [-0.1, -0.05) is 31.5 Å². The van der Waals surface area contributed by atoms with Crippen molar-refractivity contribution in [3.63, 3.8) is 0 Å². The molecule has 122 valence electrons. The molecule has 0 saturated carbocycles. The molecule has 1 aromatic carbocycles. The molecule has 6 heteroatoms. The largest absolute Gasteiger partial charge is 0.370 e. The highest BCUT2D eigenvalue weighted by atomic mass is 16.1. The van der Waals surface area contributed by atoms with Crippen molar-refractivity contribution in [2.45, 2.75) is 19.8 Å². The minimum atomic E-state index is -0.421. The molecular formula is C18H19N5O. The van der Waals surface area contributed by atoms with Gasteiger partial charge >= 0.3 is 0 Å². The van der Waals surface area contributed by atoms with Gasteiger partial charge < -0.3 is 16.0 Å². The van der Waals surface area contributed by atoms with Crippen LogP contribution in [0.25, 0.3) is 16.6 Å². The molecule has 0 saturated heterocycles. The molecule has 3 rings (SSSR count). The molecule has 24 heavy (non-hydrogen) atoms. The van der Waals surface area contributed by atoms with Gasteiger partial charge in [-0.3, -0.25) is 9.78 Å². The smallest absolute Gasteiger partial charge is 0.282 e. The Bertz CT molecular complexity index is 917. The quantitative estimate of drug-likeness (QED) is 0.569. The summed E-state index contributed by atoms with van der Waals surface area (Å²) in [5.41, 5.74) is 14.0. The maximum absolute atomic E-state index is 12.3. The molecule has 0 fully saturated rings. The number of guanidine groups is 1. The molecular weight excluding hydrogens is 302 g/mol. The van der Waals surface area contributed by atoms with E-state index in [-0.39, 0.29) is 5.96 Å². The van der Waals surface area contributed by atoms with E-state index in [1.165, 1.54) is 0 Å². The number of aliphatic imine (C=N–C) groups is 1. The number of fused-ring (bicyclic) bond motifs is 1. The number of rotatable bonds is 4. The van der Waals surface area contributed by atoms with Crippen molar-refractivity contribution < 1.29 is 4.79 Å². The lowest BCUT2D eigenvalue weighted by atomic mass is 10.1. The fourth-order valence-corrected chi connectivity index (χ4v) is 2.85. The number of amides is 1. The zero-order valence-corrected chi connectivity index (χ0v) is 13.4. The lowest BCUT2D eigenvalue weighted by molar-refractivity contribution is 0.100. The van der Waals surface area contributed by atoms with Crippen molar-refractivity contribution in [2.75, 3.05) is 0 Å². The predicted octanol–water partition coefficient (Wildman–Crippen LogP) is 2.39. The van der Waals surface area contributed by atoms with Crippen LogP contribution >= 0.6 is 0 Å². The molecule has 0 unspecified atom stereocenters. The predicted molar refractivity (Wildman–Crippen MR) is 95.2 cm³/mol. The zero-order valence-electron chi connectivity index (χ0n) is 13.4. The van der Waals surface area contributed by atoms with Crippen molar-refractivity contribution in [3.8, 4) is 5.69 Å². The Balaban J connectivity index is 2.19. The average Bonchev–Trinajstić information content (AvgIpc) is 2.98. The maximum atomic E-state index is 12.3. The summed E-state index contributed by atoms with van der Waals surface area (Å²) >= 11 is 0. The number of carbonyl (C=O) groups excluding carboxylic acids is 1. The minimum absolute atomic E-state index is 0.232. The number of carbonyl (C=O) groups is 1. The minimum Gasteiger partial charge on any atom is -0.370 e. The molecule has 2 aromatic heterocycles. The summed E-state index contributed by atoms with van der Waals surface area (Å²) in [5, 5.41) is 1.02. The van der Waals surface area contributed by atoms with Crippen LogP contribution in [0.3, 0.4) is 0 Å². The van der Waals surface area contributed by atoms with Gasteiger partial charge in [-0.25, -0.2) is 0 Å². The van der Waals surface area contributed by atoms with E-state index in [1.807, 2.05) is 41.1 Å². The molecule has 2 heterocycles. The highest BCUT2D eigenvalue weighted by Crippen LogP contribution is 2.25. The number of benzene rings is 1. The number of aromatic nitrogens is 2. The molecule has 0 atom stereocenters. The standard InChI is InChI=1S/C18H19N5O/c1-2-5-15-13(17(24)22-18(19)20)9-11-23(15)16-8-10-21-14-7-4-3-6-12(14)16/h3-4,6-11H,2,5H2,1H3,(H4,19,20,22,24). The third-order valence-electron chi connectivity index (χ3n) is 3.83. The van der Waals surface area contributed by atoms with Crippen molar-refractivity contribution in [2.24, 2.45) is 16.5 Å². The molecule has 0 aliphatic heterocycles. The van der Waals surface area contributed by atoms with Crippen LogP contribution in [0, 0.1) is 0 Å². The second-order valence-electron chi connectivity index (χ2n) is 5.49. The normalized spacial score (nSPS) is 10.7. The number of para-hydroxylation sites is 1. The highest BCUT2D eigenvalue weighted by Gasteiger charge is 2.17. The first-order chi connectivity index (χ1) is 11.6. The topological polar surface area (TPSA) is 99.3 Å². The molecule has 0 bridgehead atoms. The summed E-state index contributed by atoms with van der Waals surface area (Å²) in [5.74, 6) is -0.653. The van der Waals surface area contributed by atoms with E-state index in [0.29, 0.717) is 5.56 Å². The third-order valence-corrected chi connectivity index (χ3v) is 3.83. The van der Waals surface area contributed by atoms with Crippen LogP contribution in [0.4, 0.5) is 0 Å². The third kappa shape index (κ3) is 2.86. The fourth-order valence-electron chi connectivity index (χ4n) is 2.85. The second kappa shape index (κ2) is 6.54. The summed E-state index contributed by atoms with van der Waals surface area (Å²) in [6.45, 7) is 2.07. The summed E-state index contributed by atoms with van der Waals surface area (Å²) < 4.78 is 2.02. The SMILES string of the molecule is CCCc1c(C(=O)N=C(N)N)ccn1-c1ccnc2ccccc12. The molecule has 0 radical (unpaired) electrons. The van der Waals surface area contributed by atoms with E-state index in [9.17, 15) is 4.79 Å². The Hall–Kier alpha value is -3.15. The van der Waals surface area contributed by atoms with Gasteiger partial charge in [0.25, 0.3) is 5.91 Å². The number of hydrogen-bond acceptors (Lipinski definition) is 2. The van der Waals surface area contributed by atoms with Crippen molar-refractivity contribution in [3.05, 3.63) is 60.0 Å². The lowest BCUT2D eigenvalue weighted by Gasteiger charge is -2.12. The van der Waals surface area contributed by atoms with Gasteiger partial charge in [-0.2, -0.15) is 4.99 Å². The highest BCUT2D eigenvalue weighted by molar-refractivity contribution is 6.03. The van der Waals surface area contributed by atoms with Gasteiger partial charge in [0, 0.05) is 23.5 Å². The van der Waals surface area contributed by atoms with Crippen LogP contribution < -0.4 is 11.5 Å². The molecule has 3 aromatic rings. The lowest BCUT2D eigenvalue weighted by Crippen LogP contribution is -2.24. The number of nitrogens with zero attached hydrogens (tertiary/aromatic N) is 3.